The first-order valence-electron chi connectivity index (χ1n) is 20.9. The molecule has 0 N–H and O–H groups in total. The molecule has 0 saturated heterocycles. The second-order valence-corrected chi connectivity index (χ2v) is 23.6. The van der Waals surface area contributed by atoms with E-state index in [1.165, 1.54) is 42.2 Å². The van der Waals surface area contributed by atoms with Gasteiger partial charge in [0, 0.05) is 40.8 Å². The van der Waals surface area contributed by atoms with Crippen molar-refractivity contribution in [1.82, 2.24) is 15.0 Å². The number of halogens is 1. The Bertz CT molecular complexity index is 2580. The summed E-state index contributed by atoms with van der Waals surface area (Å²) in [6.45, 7) is 18.7. The van der Waals surface area contributed by atoms with Gasteiger partial charge in [-0.2, -0.15) is 11.3 Å². The van der Waals surface area contributed by atoms with Crippen LogP contribution in [0.15, 0.2) is 85.2 Å². The van der Waals surface area contributed by atoms with Gasteiger partial charge in [-0.15, -0.1) is 59.7 Å². The van der Waals surface area contributed by atoms with Crippen LogP contribution in [0.5, 0.6) is 0 Å². The van der Waals surface area contributed by atoms with Gasteiger partial charge in [0.15, 0.2) is 0 Å². The van der Waals surface area contributed by atoms with Gasteiger partial charge >= 0.3 is 0 Å². The zero-order valence-corrected chi connectivity index (χ0v) is 38.9. The Morgan fingerprint density at radius 3 is 2.16 bits per heavy atom. The standard InChI is InChI=1S/C31H28FN2S.C19H26NSi.Ir/c1-18-14-28(33-17-23(18)15-21-6-4-5-7-21)22-8-11-29-26(16-22)25-9-10-27(34-31(25)35-29)30-19(2)12-24(32)13-20(30)3;1-19(2,3)13-16-12-17(15-10-8-7-9-11-15)20-14-18(16)21(4,5)6;/h9-14,16-17,21H,4-7,15H2,1-3H3;7-10,12,14H,13H2,1-6H3;/q2*-1;/i;13D2;. The smallest absolute Gasteiger partial charge is 0.123 e. The van der Waals surface area contributed by atoms with Crippen LogP contribution in [0.2, 0.25) is 19.6 Å². The Balaban J connectivity index is 0.000000213. The third kappa shape index (κ3) is 10.1. The molecule has 1 aliphatic rings. The number of benzene rings is 3. The van der Waals surface area contributed by atoms with Crippen LogP contribution in [0.4, 0.5) is 4.39 Å². The quantitative estimate of drug-likeness (QED) is 0.118. The normalized spacial score (nSPS) is 14.2. The molecule has 0 atom stereocenters. The van der Waals surface area contributed by atoms with E-state index >= 15 is 0 Å². The number of thiophene rings is 1. The molecule has 0 unspecified atom stereocenters. The minimum absolute atomic E-state index is 0. The molecule has 4 heterocycles. The number of hydrogen-bond donors (Lipinski definition) is 0. The zero-order valence-electron chi connectivity index (χ0n) is 36.7. The van der Waals surface area contributed by atoms with Crippen molar-refractivity contribution >= 4 is 44.9 Å². The fraction of sp³-hybridized carbons (Fsp3) is 0.340. The van der Waals surface area contributed by atoms with Crippen LogP contribution in [0, 0.1) is 50.1 Å². The van der Waals surface area contributed by atoms with Crippen molar-refractivity contribution in [2.24, 2.45) is 11.3 Å². The van der Waals surface area contributed by atoms with Gasteiger partial charge in [-0.3, -0.25) is 0 Å². The topological polar surface area (TPSA) is 38.7 Å². The molecule has 1 aliphatic carbocycles. The molecule has 1 saturated carbocycles. The summed E-state index contributed by atoms with van der Waals surface area (Å²) >= 11 is 1.68. The van der Waals surface area contributed by atoms with E-state index in [-0.39, 0.29) is 25.9 Å². The maximum Gasteiger partial charge on any atom is 0.123 e. The van der Waals surface area contributed by atoms with Crippen LogP contribution in [0.1, 0.15) is 77.0 Å². The first kappa shape index (κ1) is 39.9. The molecule has 297 valence electrons. The Hall–Kier alpha value is -3.87. The van der Waals surface area contributed by atoms with Crippen LogP contribution in [-0.4, -0.2) is 23.0 Å². The Labute approximate surface area is 360 Å². The molecular weight excluding hydrogens is 914 g/mol. The van der Waals surface area contributed by atoms with Gasteiger partial charge in [0.2, 0.25) is 0 Å². The molecule has 3 aromatic carbocycles. The molecular formula is C50H54FIrN3SSi-2. The molecule has 57 heavy (non-hydrogen) atoms. The van der Waals surface area contributed by atoms with E-state index in [2.05, 4.69) is 80.2 Å². The second kappa shape index (κ2) is 17.5. The van der Waals surface area contributed by atoms with E-state index in [4.69, 9.17) is 12.7 Å². The summed E-state index contributed by atoms with van der Waals surface area (Å²) < 4.78 is 32.5. The molecule has 1 radical (unpaired) electrons. The van der Waals surface area contributed by atoms with Gasteiger partial charge in [-0.1, -0.05) is 101 Å². The van der Waals surface area contributed by atoms with Crippen molar-refractivity contribution in [3.05, 3.63) is 131 Å². The van der Waals surface area contributed by atoms with Crippen molar-refractivity contribution in [2.75, 3.05) is 0 Å². The summed E-state index contributed by atoms with van der Waals surface area (Å²) in [6.07, 6.45) is 9.15. The van der Waals surface area contributed by atoms with Crippen molar-refractivity contribution in [2.45, 2.75) is 99.7 Å². The molecule has 8 rings (SSSR count). The van der Waals surface area contributed by atoms with Crippen molar-refractivity contribution in [3.63, 3.8) is 0 Å². The number of nitrogens with zero attached hydrogens (tertiary/aromatic N) is 3. The zero-order chi connectivity index (χ0) is 41.6. The monoisotopic (exact) mass is 970 g/mol. The summed E-state index contributed by atoms with van der Waals surface area (Å²) in [6, 6.07) is 30.1. The Morgan fingerprint density at radius 1 is 0.807 bits per heavy atom. The number of rotatable bonds is 7. The van der Waals surface area contributed by atoms with E-state index in [0.29, 0.717) is 0 Å². The van der Waals surface area contributed by atoms with Crippen LogP contribution < -0.4 is 5.19 Å². The second-order valence-electron chi connectivity index (χ2n) is 17.6. The van der Waals surface area contributed by atoms with Crippen molar-refractivity contribution in [1.29, 1.82) is 0 Å². The first-order chi connectivity index (χ1) is 27.4. The predicted octanol–water partition coefficient (Wildman–Crippen LogP) is 13.5. The summed E-state index contributed by atoms with van der Waals surface area (Å²) in [7, 11) is -1.70. The van der Waals surface area contributed by atoms with Gasteiger partial charge in [0.1, 0.15) is 10.6 Å². The van der Waals surface area contributed by atoms with E-state index in [9.17, 15) is 4.39 Å². The summed E-state index contributed by atoms with van der Waals surface area (Å²) in [4.78, 5) is 15.4. The number of pyridine rings is 3. The third-order valence-corrected chi connectivity index (χ3v) is 13.8. The molecule has 0 amide bonds. The van der Waals surface area contributed by atoms with Crippen LogP contribution in [0.25, 0.3) is 54.1 Å². The number of aromatic nitrogens is 3. The van der Waals surface area contributed by atoms with Crippen molar-refractivity contribution < 1.29 is 27.2 Å². The van der Waals surface area contributed by atoms with Gasteiger partial charge in [-0.25, -0.2) is 9.37 Å². The number of aryl methyl sites for hydroxylation is 3. The molecule has 0 aliphatic heterocycles. The molecule has 4 aromatic heterocycles. The number of fused-ring (bicyclic) bond motifs is 3. The minimum atomic E-state index is -1.70. The fourth-order valence-corrected chi connectivity index (χ4v) is 10.4. The minimum Gasteiger partial charge on any atom is -0.305 e. The molecule has 0 spiro atoms. The molecule has 7 heteroatoms. The largest absolute Gasteiger partial charge is 0.305 e. The van der Waals surface area contributed by atoms with Gasteiger partial charge in [0.25, 0.3) is 0 Å². The molecule has 3 nitrogen and oxygen atoms in total. The maximum atomic E-state index is 13.8. The predicted molar refractivity (Wildman–Crippen MR) is 239 cm³/mol. The van der Waals surface area contributed by atoms with Gasteiger partial charge in [-0.05, 0) is 106 Å². The summed E-state index contributed by atoms with van der Waals surface area (Å²) in [5.74, 6) is 0.617. The summed E-state index contributed by atoms with van der Waals surface area (Å²) in [5.41, 5.74) is 10.4. The Kier molecular flexibility index (Phi) is 12.3. The molecule has 1 fully saturated rings. The van der Waals surface area contributed by atoms with Gasteiger partial charge < -0.3 is 9.97 Å². The van der Waals surface area contributed by atoms with Crippen LogP contribution in [0.3, 0.4) is 0 Å². The maximum absolute atomic E-state index is 13.8. The van der Waals surface area contributed by atoms with Crippen LogP contribution in [-0.2, 0) is 32.9 Å². The van der Waals surface area contributed by atoms with E-state index < -0.39 is 19.9 Å². The Morgan fingerprint density at radius 2 is 1.51 bits per heavy atom. The third-order valence-electron chi connectivity index (χ3n) is 10.7. The first-order valence-corrected chi connectivity index (χ1v) is 24.2. The number of hydrogen-bond acceptors (Lipinski definition) is 4. The van der Waals surface area contributed by atoms with Gasteiger partial charge in [0.05, 0.1) is 13.8 Å². The SMILES string of the molecule is Cc1cc(-c2[c-]cc3sc4nc(-c5c(C)cc(F)cc5C)ccc4c3c2)ncc1CC1CCCC1.[2H]C([2H])(c1cc(-c2[c-]cccc2)ncc1[Si](C)(C)C)C(C)(C)C.[Ir]. The van der Waals surface area contributed by atoms with E-state index in [0.717, 1.165) is 82.9 Å². The molecule has 0 bridgehead atoms. The molecule has 7 aromatic rings. The fourth-order valence-electron chi connectivity index (χ4n) is 7.93. The average molecular weight is 970 g/mol. The van der Waals surface area contributed by atoms with Crippen LogP contribution >= 0.6 is 11.3 Å². The van der Waals surface area contributed by atoms with E-state index in [1.54, 1.807) is 23.5 Å². The average Bonchev–Trinajstić information content (AvgIpc) is 3.82. The van der Waals surface area contributed by atoms with Crippen molar-refractivity contribution in [3.8, 4) is 33.8 Å². The summed E-state index contributed by atoms with van der Waals surface area (Å²) in [5, 5.41) is 3.41. The van der Waals surface area contributed by atoms with E-state index in [1.807, 2.05) is 71.1 Å².